The molecule has 1 aromatic heterocycles. The summed E-state index contributed by atoms with van der Waals surface area (Å²) >= 11 is 8.49. The summed E-state index contributed by atoms with van der Waals surface area (Å²) < 4.78 is 14.3. The number of aromatic nitrogens is 2. The number of H-pyrrole nitrogens is 1. The standard InChI is InChI=1S/C13H10BrFN2S/c14-9-6-7(4-5-10(9)15)12-16-11-3-1-2-8(11)13(18)17-12/h4-6H,1-3H2,(H,16,17,18). The molecule has 0 atom stereocenters. The summed E-state index contributed by atoms with van der Waals surface area (Å²) in [6.45, 7) is 0. The third kappa shape index (κ3) is 2.01. The maximum atomic E-state index is 13.2. The number of aryl methyl sites for hydroxylation is 1. The second kappa shape index (κ2) is 4.55. The van der Waals surface area contributed by atoms with E-state index in [1.54, 1.807) is 12.1 Å². The number of hydrogen-bond donors (Lipinski definition) is 1. The maximum Gasteiger partial charge on any atom is 0.139 e. The van der Waals surface area contributed by atoms with Gasteiger partial charge in [-0.15, -0.1) is 0 Å². The molecule has 1 N–H and O–H groups in total. The van der Waals surface area contributed by atoms with Crippen molar-refractivity contribution in [1.82, 2.24) is 9.97 Å². The lowest BCUT2D eigenvalue weighted by Gasteiger charge is -2.06. The van der Waals surface area contributed by atoms with Crippen LogP contribution in [0.1, 0.15) is 17.7 Å². The highest BCUT2D eigenvalue weighted by molar-refractivity contribution is 9.10. The van der Waals surface area contributed by atoms with Gasteiger partial charge in [0.05, 0.1) is 4.47 Å². The van der Waals surface area contributed by atoms with Gasteiger partial charge in [-0.3, -0.25) is 0 Å². The fourth-order valence-electron chi connectivity index (χ4n) is 2.24. The predicted molar refractivity (Wildman–Crippen MR) is 74.5 cm³/mol. The van der Waals surface area contributed by atoms with Gasteiger partial charge >= 0.3 is 0 Å². The van der Waals surface area contributed by atoms with Crippen LogP contribution in [0.5, 0.6) is 0 Å². The van der Waals surface area contributed by atoms with E-state index in [9.17, 15) is 4.39 Å². The van der Waals surface area contributed by atoms with Crippen molar-refractivity contribution in [2.75, 3.05) is 0 Å². The number of benzene rings is 1. The summed E-state index contributed by atoms with van der Waals surface area (Å²) in [6, 6.07) is 4.84. The molecule has 5 heteroatoms. The molecule has 0 unspecified atom stereocenters. The second-order valence-electron chi connectivity index (χ2n) is 4.33. The van der Waals surface area contributed by atoms with E-state index in [4.69, 9.17) is 12.2 Å². The quantitative estimate of drug-likeness (QED) is 0.796. The first kappa shape index (κ1) is 12.0. The topological polar surface area (TPSA) is 28.7 Å². The fraction of sp³-hybridized carbons (Fsp3) is 0.231. The van der Waals surface area contributed by atoms with Crippen LogP contribution < -0.4 is 0 Å². The molecule has 0 saturated carbocycles. The van der Waals surface area contributed by atoms with Crippen molar-refractivity contribution >= 4 is 28.1 Å². The van der Waals surface area contributed by atoms with Crippen molar-refractivity contribution in [1.29, 1.82) is 0 Å². The maximum absolute atomic E-state index is 13.2. The van der Waals surface area contributed by atoms with Crippen molar-refractivity contribution in [2.24, 2.45) is 0 Å². The Hall–Kier alpha value is -1.07. The molecule has 3 rings (SSSR count). The minimum absolute atomic E-state index is 0.279. The molecular weight excluding hydrogens is 315 g/mol. The molecule has 92 valence electrons. The van der Waals surface area contributed by atoms with E-state index in [2.05, 4.69) is 25.9 Å². The lowest BCUT2D eigenvalue weighted by molar-refractivity contribution is 0.621. The van der Waals surface area contributed by atoms with Crippen LogP contribution in [0.15, 0.2) is 22.7 Å². The highest BCUT2D eigenvalue weighted by Crippen LogP contribution is 2.26. The van der Waals surface area contributed by atoms with E-state index in [1.165, 1.54) is 11.8 Å². The van der Waals surface area contributed by atoms with Gasteiger partial charge in [-0.25, -0.2) is 9.37 Å². The fourth-order valence-corrected chi connectivity index (χ4v) is 2.93. The van der Waals surface area contributed by atoms with Crippen LogP contribution in [-0.2, 0) is 12.8 Å². The first-order chi connectivity index (χ1) is 8.65. The summed E-state index contributed by atoms with van der Waals surface area (Å²) in [5.74, 6) is 0.430. The van der Waals surface area contributed by atoms with Gasteiger partial charge in [0.15, 0.2) is 0 Å². The summed E-state index contributed by atoms with van der Waals surface area (Å²) in [5, 5.41) is 0. The van der Waals surface area contributed by atoms with Crippen LogP contribution in [0.25, 0.3) is 11.4 Å². The lowest BCUT2D eigenvalue weighted by Crippen LogP contribution is -1.97. The van der Waals surface area contributed by atoms with Crippen molar-refractivity contribution in [3.8, 4) is 11.4 Å². The predicted octanol–water partition coefficient (Wildman–Crippen LogP) is 4.20. The zero-order valence-electron chi connectivity index (χ0n) is 9.46. The van der Waals surface area contributed by atoms with Gasteiger partial charge in [-0.05, 0) is 53.4 Å². The van der Waals surface area contributed by atoms with E-state index < -0.39 is 0 Å². The van der Waals surface area contributed by atoms with E-state index >= 15 is 0 Å². The zero-order valence-corrected chi connectivity index (χ0v) is 11.9. The molecule has 1 aliphatic rings. The molecule has 2 aromatic rings. The monoisotopic (exact) mass is 324 g/mol. The molecule has 2 nitrogen and oxygen atoms in total. The highest BCUT2D eigenvalue weighted by atomic mass is 79.9. The number of nitrogens with one attached hydrogen (secondary N) is 1. The van der Waals surface area contributed by atoms with Gasteiger partial charge in [0.2, 0.25) is 0 Å². The smallest absolute Gasteiger partial charge is 0.139 e. The number of nitrogens with zero attached hydrogens (tertiary/aromatic N) is 1. The molecule has 1 aliphatic carbocycles. The van der Waals surface area contributed by atoms with Crippen LogP contribution in [-0.4, -0.2) is 9.97 Å². The third-order valence-corrected chi connectivity index (χ3v) is 4.10. The van der Waals surface area contributed by atoms with E-state index in [1.807, 2.05) is 0 Å². The van der Waals surface area contributed by atoms with Crippen LogP contribution in [0.2, 0.25) is 0 Å². The van der Waals surface area contributed by atoms with Crippen molar-refractivity contribution < 1.29 is 4.39 Å². The third-order valence-electron chi connectivity index (χ3n) is 3.15. The summed E-state index contributed by atoms with van der Waals surface area (Å²) in [4.78, 5) is 7.71. The Kier molecular flexibility index (Phi) is 3.03. The zero-order chi connectivity index (χ0) is 12.7. The van der Waals surface area contributed by atoms with Gasteiger partial charge in [-0.2, -0.15) is 0 Å². The number of hydrogen-bond acceptors (Lipinski definition) is 2. The lowest BCUT2D eigenvalue weighted by atomic mass is 10.2. The van der Waals surface area contributed by atoms with Crippen molar-refractivity contribution in [3.63, 3.8) is 0 Å². The average molecular weight is 325 g/mol. The number of aromatic amines is 1. The Bertz CT molecular complexity index is 681. The summed E-state index contributed by atoms with van der Waals surface area (Å²) in [5.41, 5.74) is 3.17. The molecule has 1 heterocycles. The van der Waals surface area contributed by atoms with E-state index in [-0.39, 0.29) is 5.82 Å². The average Bonchev–Trinajstić information content (AvgIpc) is 2.81. The molecule has 18 heavy (non-hydrogen) atoms. The normalized spacial score (nSPS) is 13.7. The number of fused-ring (bicyclic) bond motifs is 1. The first-order valence-corrected chi connectivity index (χ1v) is 6.93. The van der Waals surface area contributed by atoms with Crippen molar-refractivity contribution in [2.45, 2.75) is 19.3 Å². The minimum atomic E-state index is -0.279. The summed E-state index contributed by atoms with van der Waals surface area (Å²) in [7, 11) is 0. The minimum Gasteiger partial charge on any atom is -0.343 e. The molecule has 0 fully saturated rings. The Morgan fingerprint density at radius 2 is 2.17 bits per heavy atom. The molecular formula is C13H10BrFN2S. The van der Waals surface area contributed by atoms with Gasteiger partial charge in [-0.1, -0.05) is 12.2 Å². The molecule has 0 saturated heterocycles. The Labute approximate surface area is 117 Å². The molecule has 0 spiro atoms. The van der Waals surface area contributed by atoms with Gasteiger partial charge in [0, 0.05) is 16.8 Å². The Balaban J connectivity index is 2.15. The molecule has 1 aromatic carbocycles. The number of halogens is 2. The molecule has 0 bridgehead atoms. The summed E-state index contributed by atoms with van der Waals surface area (Å²) in [6.07, 6.45) is 3.13. The van der Waals surface area contributed by atoms with Gasteiger partial charge in [0.25, 0.3) is 0 Å². The van der Waals surface area contributed by atoms with Crippen LogP contribution in [0.3, 0.4) is 0 Å². The highest BCUT2D eigenvalue weighted by Gasteiger charge is 2.15. The van der Waals surface area contributed by atoms with Crippen LogP contribution >= 0.6 is 28.1 Å². The SMILES string of the molecule is Fc1ccc(-c2nc(=S)c3c([nH]2)CCC3)cc1Br. The van der Waals surface area contributed by atoms with Gasteiger partial charge in [0.1, 0.15) is 16.3 Å². The Morgan fingerprint density at radius 3 is 2.94 bits per heavy atom. The molecule has 0 aliphatic heterocycles. The Morgan fingerprint density at radius 1 is 1.33 bits per heavy atom. The largest absolute Gasteiger partial charge is 0.343 e. The van der Waals surface area contributed by atoms with E-state index in [0.717, 1.165) is 30.4 Å². The second-order valence-corrected chi connectivity index (χ2v) is 5.57. The van der Waals surface area contributed by atoms with Crippen molar-refractivity contribution in [3.05, 3.63) is 44.4 Å². The van der Waals surface area contributed by atoms with Gasteiger partial charge < -0.3 is 4.98 Å². The molecule has 0 radical (unpaired) electrons. The van der Waals surface area contributed by atoms with Crippen LogP contribution in [0, 0.1) is 10.5 Å². The van der Waals surface area contributed by atoms with E-state index in [0.29, 0.717) is 14.9 Å². The number of rotatable bonds is 1. The van der Waals surface area contributed by atoms with Crippen LogP contribution in [0.4, 0.5) is 4.39 Å². The molecule has 0 amide bonds. The first-order valence-electron chi connectivity index (χ1n) is 5.72.